The highest BCUT2D eigenvalue weighted by Gasteiger charge is 2.19. The van der Waals surface area contributed by atoms with Crippen LogP contribution in [-0.2, 0) is 0 Å². The Labute approximate surface area is 491 Å². The zero-order valence-corrected chi connectivity index (χ0v) is 46.0. The summed E-state index contributed by atoms with van der Waals surface area (Å²) in [5, 5.41) is 20.0. The molecule has 4 aromatic heterocycles. The molecule has 0 saturated heterocycles. The number of nitrogens with zero attached hydrogens (tertiary/aromatic N) is 8. The van der Waals surface area contributed by atoms with Crippen molar-refractivity contribution in [3.05, 3.63) is 267 Å². The number of hydrogen-bond acceptors (Lipinski definition) is 8. The van der Waals surface area contributed by atoms with Gasteiger partial charge in [0.2, 0.25) is 0 Å². The van der Waals surface area contributed by atoms with E-state index in [1.165, 1.54) is 37.7 Å². The molecule has 0 aliphatic carbocycles. The molecule has 18 aromatic rings. The number of hydrogen-bond donors (Lipinski definition) is 0. The van der Waals surface area contributed by atoms with Gasteiger partial charge in [-0.05, 0) is 134 Å². The molecule has 4 heterocycles. The van der Waals surface area contributed by atoms with Crippen molar-refractivity contribution in [3.8, 4) is 67.8 Å². The first-order valence-corrected chi connectivity index (χ1v) is 28.9. The molecule has 8 nitrogen and oxygen atoms in total. The highest BCUT2D eigenvalue weighted by atomic mass is 14.9. The maximum Gasteiger partial charge on any atom is 0.159 e. The van der Waals surface area contributed by atoms with Gasteiger partial charge in [0.15, 0.2) is 23.3 Å². The van der Waals surface area contributed by atoms with Gasteiger partial charge in [-0.15, -0.1) is 0 Å². The van der Waals surface area contributed by atoms with Gasteiger partial charge in [-0.1, -0.05) is 206 Å². The lowest BCUT2D eigenvalue weighted by atomic mass is 9.92. The third-order valence-corrected chi connectivity index (χ3v) is 17.4. The van der Waals surface area contributed by atoms with Crippen LogP contribution in [0.3, 0.4) is 0 Å². The van der Waals surface area contributed by atoms with Crippen LogP contribution in [0.25, 0.3) is 187 Å². The van der Waals surface area contributed by atoms with Crippen LogP contribution in [0, 0.1) is 0 Å². The van der Waals surface area contributed by atoms with E-state index in [0.29, 0.717) is 23.3 Å². The van der Waals surface area contributed by atoms with Gasteiger partial charge in [0.05, 0.1) is 0 Å². The van der Waals surface area contributed by atoms with Crippen LogP contribution in [0.4, 0.5) is 0 Å². The van der Waals surface area contributed by atoms with Crippen LogP contribution in [0.15, 0.2) is 267 Å². The molecule has 14 aromatic carbocycles. The number of aromatic nitrogens is 8. The molecule has 86 heavy (non-hydrogen) atoms. The summed E-state index contributed by atoms with van der Waals surface area (Å²) >= 11 is 0. The summed E-state index contributed by atoms with van der Waals surface area (Å²) in [6.45, 7) is 0. The molecule has 0 N–H and O–H groups in total. The van der Waals surface area contributed by atoms with Gasteiger partial charge in [0, 0.05) is 68.6 Å². The minimum atomic E-state index is 0.612. The highest BCUT2D eigenvalue weighted by Crippen LogP contribution is 2.41. The van der Waals surface area contributed by atoms with Crippen LogP contribution >= 0.6 is 0 Å². The van der Waals surface area contributed by atoms with Crippen LogP contribution in [0.2, 0.25) is 0 Å². The van der Waals surface area contributed by atoms with E-state index in [1.807, 2.05) is 24.8 Å². The third-order valence-electron chi connectivity index (χ3n) is 17.4. The minimum Gasteiger partial charge on any atom is -0.236 e. The van der Waals surface area contributed by atoms with Crippen molar-refractivity contribution in [2.75, 3.05) is 0 Å². The lowest BCUT2D eigenvalue weighted by Crippen LogP contribution is -1.97. The standard InChI is InChI=1S/C78H44N8/c1-2-14-47-35-54(31-28-45(47)13-1)77-81-43-69-63-25-9-10-26-64(63)70-44-82-78(86-74(70)73(69)85-77)55-32-29-46-27-30-50(38-56(46)39-55)48-15-11-17-52(36-48)75-79-41-67-61-23-7-8-24-62(61)68-42-80-76(84-72(68)71(67)83-75)53-18-12-16-49(37-53)51-33-34-65-59-21-4-3-19-57(59)58-20-5-6-22-60(58)66(65)40-51/h1-44H. The molecule has 0 aliphatic rings. The van der Waals surface area contributed by atoms with E-state index in [4.69, 9.17) is 39.9 Å². The third kappa shape index (κ3) is 7.63. The molecule has 0 bridgehead atoms. The van der Waals surface area contributed by atoms with Gasteiger partial charge in [-0.25, -0.2) is 39.9 Å². The largest absolute Gasteiger partial charge is 0.236 e. The maximum atomic E-state index is 5.39. The van der Waals surface area contributed by atoms with Crippen LogP contribution in [0.5, 0.6) is 0 Å². The first-order chi connectivity index (χ1) is 42.6. The molecule has 8 heteroatoms. The molecular weight excluding hydrogens is 1050 g/mol. The predicted molar refractivity (Wildman–Crippen MR) is 354 cm³/mol. The van der Waals surface area contributed by atoms with Crippen molar-refractivity contribution < 1.29 is 0 Å². The summed E-state index contributed by atoms with van der Waals surface area (Å²) in [6.07, 6.45) is 7.80. The molecule has 0 fully saturated rings. The molecule has 0 atom stereocenters. The van der Waals surface area contributed by atoms with Crippen LogP contribution in [0.1, 0.15) is 0 Å². The fraction of sp³-hybridized carbons (Fsp3) is 0. The lowest BCUT2D eigenvalue weighted by molar-refractivity contribution is 1.21. The first-order valence-electron chi connectivity index (χ1n) is 28.9. The summed E-state index contributed by atoms with van der Waals surface area (Å²) in [5.74, 6) is 2.52. The van der Waals surface area contributed by atoms with E-state index >= 15 is 0 Å². The van der Waals surface area contributed by atoms with Crippen LogP contribution < -0.4 is 0 Å². The molecule has 396 valence electrons. The summed E-state index contributed by atoms with van der Waals surface area (Å²) in [7, 11) is 0. The second kappa shape index (κ2) is 18.9. The second-order valence-corrected chi connectivity index (χ2v) is 22.3. The van der Waals surface area contributed by atoms with E-state index in [2.05, 4.69) is 243 Å². The molecule has 0 radical (unpaired) electrons. The second-order valence-electron chi connectivity index (χ2n) is 22.3. The van der Waals surface area contributed by atoms with E-state index in [0.717, 1.165) is 126 Å². The van der Waals surface area contributed by atoms with Gasteiger partial charge in [0.1, 0.15) is 22.1 Å². The van der Waals surface area contributed by atoms with Crippen molar-refractivity contribution in [1.82, 2.24) is 39.9 Å². The van der Waals surface area contributed by atoms with Crippen molar-refractivity contribution in [3.63, 3.8) is 0 Å². The molecule has 0 amide bonds. The minimum absolute atomic E-state index is 0.612. The van der Waals surface area contributed by atoms with Crippen molar-refractivity contribution in [2.45, 2.75) is 0 Å². The predicted octanol–water partition coefficient (Wildman–Crippen LogP) is 19.5. The van der Waals surface area contributed by atoms with Crippen molar-refractivity contribution in [1.29, 1.82) is 0 Å². The zero-order valence-electron chi connectivity index (χ0n) is 46.0. The van der Waals surface area contributed by atoms with Crippen molar-refractivity contribution in [2.24, 2.45) is 0 Å². The Morgan fingerprint density at radius 3 is 0.884 bits per heavy atom. The monoisotopic (exact) mass is 1090 g/mol. The zero-order chi connectivity index (χ0) is 56.4. The summed E-state index contributed by atoms with van der Waals surface area (Å²) in [5.41, 5.74) is 11.1. The first kappa shape index (κ1) is 47.9. The molecular formula is C78H44N8. The lowest BCUT2D eigenvalue weighted by Gasteiger charge is -2.13. The topological polar surface area (TPSA) is 103 Å². The van der Waals surface area contributed by atoms with E-state index in [9.17, 15) is 0 Å². The Hall–Kier alpha value is -11.7. The summed E-state index contributed by atoms with van der Waals surface area (Å²) in [6, 6.07) is 85.8. The van der Waals surface area contributed by atoms with Gasteiger partial charge < -0.3 is 0 Å². The smallest absolute Gasteiger partial charge is 0.159 e. The fourth-order valence-corrected chi connectivity index (χ4v) is 13.2. The average Bonchev–Trinajstić information content (AvgIpc) is 1.11. The number of rotatable bonds is 6. The summed E-state index contributed by atoms with van der Waals surface area (Å²) < 4.78 is 0. The maximum absolute atomic E-state index is 5.39. The molecule has 0 saturated carbocycles. The van der Waals surface area contributed by atoms with Crippen molar-refractivity contribution >= 4 is 119 Å². The Balaban J connectivity index is 0.706. The molecule has 0 aliphatic heterocycles. The Morgan fingerprint density at radius 1 is 0.163 bits per heavy atom. The van der Waals surface area contributed by atoms with Gasteiger partial charge in [-0.2, -0.15) is 0 Å². The van der Waals surface area contributed by atoms with Gasteiger partial charge in [-0.3, -0.25) is 0 Å². The summed E-state index contributed by atoms with van der Waals surface area (Å²) in [4.78, 5) is 41.4. The molecule has 0 unspecified atom stereocenters. The fourth-order valence-electron chi connectivity index (χ4n) is 13.2. The Kier molecular flexibility index (Phi) is 10.5. The Bertz CT molecular complexity index is 5900. The normalized spacial score (nSPS) is 12.0. The van der Waals surface area contributed by atoms with E-state index < -0.39 is 0 Å². The number of benzene rings is 14. The molecule has 18 rings (SSSR count). The van der Waals surface area contributed by atoms with Crippen LogP contribution in [-0.4, -0.2) is 39.9 Å². The van der Waals surface area contributed by atoms with E-state index in [1.54, 1.807) is 0 Å². The SMILES string of the molecule is c1cc(-c2ccc3ccc(-c4ncc5c6ccccc6c6cnc(-c7ccc8ccccc8c7)nc6c5n4)cc3c2)cc(-c2ncc3c4ccccc4c4cnc(-c5cccc(-c6ccc7c8ccccc8c8ccccc8c7c6)c5)nc4c3n2)c1. The molecule has 0 spiro atoms. The number of fused-ring (bicyclic) bond motifs is 20. The highest BCUT2D eigenvalue weighted by molar-refractivity contribution is 6.27. The van der Waals surface area contributed by atoms with E-state index in [-0.39, 0.29) is 0 Å². The quantitative estimate of drug-likeness (QED) is 0.152. The van der Waals surface area contributed by atoms with Gasteiger partial charge >= 0.3 is 0 Å². The Morgan fingerprint density at radius 2 is 0.442 bits per heavy atom. The average molecular weight is 1090 g/mol. The van der Waals surface area contributed by atoms with Gasteiger partial charge in [0.25, 0.3) is 0 Å².